The second-order valence-electron chi connectivity index (χ2n) is 9.86. The summed E-state index contributed by atoms with van der Waals surface area (Å²) < 4.78 is 15.1. The van der Waals surface area contributed by atoms with E-state index in [9.17, 15) is 5.26 Å². The van der Waals surface area contributed by atoms with Gasteiger partial charge in [-0.15, -0.1) is 0 Å². The number of hydrogen-bond donors (Lipinski definition) is 2. The van der Waals surface area contributed by atoms with Gasteiger partial charge in [-0.25, -0.2) is 0 Å². The Morgan fingerprint density at radius 1 is 0.610 bits per heavy atom. The van der Waals surface area contributed by atoms with Gasteiger partial charge in [0.1, 0.15) is 5.84 Å². The van der Waals surface area contributed by atoms with Crippen molar-refractivity contribution < 1.29 is 4.57 Å². The Hall–Kier alpha value is -5.23. The van der Waals surface area contributed by atoms with Crippen LogP contribution in [0.2, 0.25) is 0 Å². The lowest BCUT2D eigenvalue weighted by molar-refractivity contribution is 0.592. The number of benzene rings is 6. The lowest BCUT2D eigenvalue weighted by atomic mass is 9.91. The summed E-state index contributed by atoms with van der Waals surface area (Å²) >= 11 is 0. The van der Waals surface area contributed by atoms with Crippen LogP contribution in [0.1, 0.15) is 11.1 Å². The van der Waals surface area contributed by atoms with Crippen LogP contribution in [0.4, 0.5) is 0 Å². The van der Waals surface area contributed by atoms with Gasteiger partial charge in [-0.1, -0.05) is 121 Å². The third-order valence-electron chi connectivity index (χ3n) is 7.39. The van der Waals surface area contributed by atoms with Gasteiger partial charge in [-0.3, -0.25) is 5.41 Å². The number of amidine groups is 1. The monoisotopic (exact) mass is 547 g/mol. The van der Waals surface area contributed by atoms with Crippen LogP contribution in [-0.4, -0.2) is 5.84 Å². The first-order chi connectivity index (χ1) is 20.0. The zero-order valence-corrected chi connectivity index (χ0v) is 23.1. The third-order valence-corrected chi connectivity index (χ3v) is 10.4. The molecule has 41 heavy (non-hydrogen) atoms. The van der Waals surface area contributed by atoms with E-state index in [4.69, 9.17) is 11.1 Å². The first kappa shape index (κ1) is 26.0. The third kappa shape index (κ3) is 4.74. The Bertz CT molecular complexity index is 1950. The number of nitrogens with one attached hydrogen (secondary N) is 1. The van der Waals surface area contributed by atoms with Crippen LogP contribution in [0.3, 0.4) is 0 Å². The van der Waals surface area contributed by atoms with Gasteiger partial charge in [-0.05, 0) is 51.2 Å². The first-order valence-electron chi connectivity index (χ1n) is 13.2. The van der Waals surface area contributed by atoms with Gasteiger partial charge in [0.2, 0.25) is 0 Å². The molecular formula is C36H26N3OP. The fourth-order valence-corrected chi connectivity index (χ4v) is 8.09. The van der Waals surface area contributed by atoms with Gasteiger partial charge in [0.15, 0.2) is 7.14 Å². The fraction of sp³-hybridized carbons (Fsp3) is 0. The SMILES string of the molecule is N#Cc1cc(-c2ccc(-c3ccc(C(=N)N)cc3)c3ccccc23)cc(P(=O)(c2ccccc2)c2ccccc2)c1. The highest BCUT2D eigenvalue weighted by molar-refractivity contribution is 7.85. The summed E-state index contributed by atoms with van der Waals surface area (Å²) in [5.41, 5.74) is 10.6. The molecule has 6 aromatic rings. The van der Waals surface area contributed by atoms with Crippen molar-refractivity contribution in [3.63, 3.8) is 0 Å². The number of nitrogens with zero attached hydrogens (tertiary/aromatic N) is 1. The normalized spacial score (nSPS) is 11.2. The zero-order chi connectivity index (χ0) is 28.4. The van der Waals surface area contributed by atoms with E-state index < -0.39 is 7.14 Å². The largest absolute Gasteiger partial charge is 0.384 e. The molecule has 6 aromatic carbocycles. The molecule has 0 radical (unpaired) electrons. The Morgan fingerprint density at radius 3 is 1.63 bits per heavy atom. The van der Waals surface area contributed by atoms with E-state index in [1.165, 1.54) is 0 Å². The summed E-state index contributed by atoms with van der Waals surface area (Å²) in [5.74, 6) is 0.0354. The van der Waals surface area contributed by atoms with Crippen LogP contribution in [0.15, 0.2) is 140 Å². The molecule has 0 bridgehead atoms. The summed E-state index contributed by atoms with van der Waals surface area (Å²) in [5, 5.41) is 21.9. The molecule has 0 aromatic heterocycles. The Kier molecular flexibility index (Phi) is 6.81. The number of nitrogens with two attached hydrogens (primary N) is 1. The van der Waals surface area contributed by atoms with Crippen molar-refractivity contribution in [1.82, 2.24) is 0 Å². The first-order valence-corrected chi connectivity index (χ1v) is 14.9. The van der Waals surface area contributed by atoms with Crippen molar-refractivity contribution >= 4 is 39.7 Å². The van der Waals surface area contributed by atoms with E-state index in [2.05, 4.69) is 30.3 Å². The van der Waals surface area contributed by atoms with Gasteiger partial charge in [-0.2, -0.15) is 5.26 Å². The molecule has 4 nitrogen and oxygen atoms in total. The molecule has 0 saturated carbocycles. The van der Waals surface area contributed by atoms with Crippen LogP contribution in [-0.2, 0) is 4.57 Å². The van der Waals surface area contributed by atoms with Crippen LogP contribution >= 0.6 is 7.14 Å². The van der Waals surface area contributed by atoms with Crippen molar-refractivity contribution in [3.8, 4) is 28.3 Å². The number of fused-ring (bicyclic) bond motifs is 1. The van der Waals surface area contributed by atoms with Gasteiger partial charge in [0.05, 0.1) is 11.6 Å². The zero-order valence-electron chi connectivity index (χ0n) is 22.2. The standard InChI is InChI=1S/C36H26N3OP/c37-24-25-21-28(23-31(22-25)41(40,29-9-3-1-4-10-29)30-11-5-2-6-12-30)33-20-19-32(34-13-7-8-14-35(33)34)26-15-17-27(18-16-26)36(38)39/h1-23H,(H3,38,39). The number of nitrogen functional groups attached to an aromatic ring is 1. The molecule has 6 rings (SSSR count). The second-order valence-corrected chi connectivity index (χ2v) is 12.6. The Morgan fingerprint density at radius 2 is 1.12 bits per heavy atom. The molecule has 3 N–H and O–H groups in total. The van der Waals surface area contributed by atoms with Crippen molar-refractivity contribution in [1.29, 1.82) is 10.7 Å². The maximum atomic E-state index is 15.1. The summed E-state index contributed by atoms with van der Waals surface area (Å²) in [4.78, 5) is 0. The highest BCUT2D eigenvalue weighted by Gasteiger charge is 2.30. The number of rotatable bonds is 6. The fourth-order valence-electron chi connectivity index (χ4n) is 5.37. The average Bonchev–Trinajstić information content (AvgIpc) is 3.04. The molecule has 0 fully saturated rings. The number of nitriles is 1. The van der Waals surface area contributed by atoms with Crippen LogP contribution in [0, 0.1) is 16.7 Å². The molecule has 0 amide bonds. The molecule has 0 aliphatic heterocycles. The van der Waals surface area contributed by atoms with Crippen molar-refractivity contribution in [2.75, 3.05) is 0 Å². The topological polar surface area (TPSA) is 90.7 Å². The minimum atomic E-state index is -3.27. The smallest absolute Gasteiger partial charge is 0.171 e. The van der Waals surface area contributed by atoms with Crippen LogP contribution in [0.5, 0.6) is 0 Å². The summed E-state index contributed by atoms with van der Waals surface area (Å²) in [6.07, 6.45) is 0. The van der Waals surface area contributed by atoms with Gasteiger partial charge < -0.3 is 10.3 Å². The summed E-state index contributed by atoms with van der Waals surface area (Å²) in [6, 6.07) is 46.9. The van der Waals surface area contributed by atoms with Gasteiger partial charge >= 0.3 is 0 Å². The predicted molar refractivity (Wildman–Crippen MR) is 170 cm³/mol. The Balaban J connectivity index is 1.57. The molecule has 0 atom stereocenters. The molecule has 0 aliphatic rings. The lowest BCUT2D eigenvalue weighted by Crippen LogP contribution is -2.25. The van der Waals surface area contributed by atoms with Crippen molar-refractivity contribution in [2.24, 2.45) is 5.73 Å². The maximum Gasteiger partial charge on any atom is 0.171 e. The van der Waals surface area contributed by atoms with E-state index in [0.29, 0.717) is 16.4 Å². The molecule has 0 aliphatic carbocycles. The summed E-state index contributed by atoms with van der Waals surface area (Å²) in [6.45, 7) is 0. The van der Waals surface area contributed by atoms with Crippen LogP contribution < -0.4 is 21.6 Å². The molecule has 0 heterocycles. The highest BCUT2D eigenvalue weighted by atomic mass is 31.2. The quantitative estimate of drug-likeness (QED) is 0.134. The number of hydrogen-bond acceptors (Lipinski definition) is 3. The minimum Gasteiger partial charge on any atom is -0.384 e. The van der Waals surface area contributed by atoms with Gasteiger partial charge in [0, 0.05) is 21.5 Å². The van der Waals surface area contributed by atoms with Gasteiger partial charge in [0.25, 0.3) is 0 Å². The van der Waals surface area contributed by atoms with E-state index in [1.54, 1.807) is 6.07 Å². The highest BCUT2D eigenvalue weighted by Crippen LogP contribution is 2.44. The second kappa shape index (κ2) is 10.7. The van der Waals surface area contributed by atoms with E-state index >= 15 is 4.57 Å². The van der Waals surface area contributed by atoms with E-state index in [0.717, 1.165) is 43.6 Å². The molecule has 0 spiro atoms. The van der Waals surface area contributed by atoms with Crippen molar-refractivity contribution in [3.05, 3.63) is 151 Å². The van der Waals surface area contributed by atoms with Crippen LogP contribution in [0.25, 0.3) is 33.0 Å². The van der Waals surface area contributed by atoms with Crippen molar-refractivity contribution in [2.45, 2.75) is 0 Å². The average molecular weight is 548 g/mol. The Labute approximate surface area is 239 Å². The lowest BCUT2D eigenvalue weighted by Gasteiger charge is -2.21. The molecule has 0 saturated heterocycles. The predicted octanol–water partition coefficient (Wildman–Crippen LogP) is 6.97. The molecule has 196 valence electrons. The molecular weight excluding hydrogens is 521 g/mol. The van der Waals surface area contributed by atoms with E-state index in [-0.39, 0.29) is 5.84 Å². The maximum absolute atomic E-state index is 15.1. The minimum absolute atomic E-state index is 0.0354. The molecule has 0 unspecified atom stereocenters. The summed E-state index contributed by atoms with van der Waals surface area (Å²) in [7, 11) is -3.27. The van der Waals surface area contributed by atoms with E-state index in [1.807, 2.05) is 109 Å². The molecule has 5 heteroatoms.